The average Bonchev–Trinajstić information content (AvgIpc) is 2.97. The molecule has 0 aliphatic rings. The summed E-state index contributed by atoms with van der Waals surface area (Å²) >= 11 is 1.20. The van der Waals surface area contributed by atoms with E-state index in [1.165, 1.54) is 17.3 Å². The van der Waals surface area contributed by atoms with Crippen molar-refractivity contribution >= 4 is 29.5 Å². The number of thioether (sulfide) groups is 1. The molecule has 1 aromatic heterocycles. The van der Waals surface area contributed by atoms with Crippen molar-refractivity contribution in [2.45, 2.75) is 53.6 Å². The number of carbonyl (C=O) groups excluding carboxylic acids is 2. The monoisotopic (exact) mass is 404 g/mol. The van der Waals surface area contributed by atoms with Crippen molar-refractivity contribution in [3.05, 3.63) is 46.2 Å². The van der Waals surface area contributed by atoms with Crippen LogP contribution in [0.4, 0.5) is 5.82 Å². The lowest BCUT2D eigenvalue weighted by Gasteiger charge is -2.22. The van der Waals surface area contributed by atoms with E-state index in [-0.39, 0.29) is 35.4 Å². The fraction of sp³-hybridized carbons (Fsp3) is 0.476. The van der Waals surface area contributed by atoms with Crippen LogP contribution >= 0.6 is 11.8 Å². The van der Waals surface area contributed by atoms with Crippen LogP contribution in [0.2, 0.25) is 0 Å². The van der Waals surface area contributed by atoms with Crippen LogP contribution in [0.15, 0.2) is 22.7 Å². The normalized spacial score (nSPS) is 11.4. The van der Waals surface area contributed by atoms with E-state index in [2.05, 4.69) is 43.4 Å². The summed E-state index contributed by atoms with van der Waals surface area (Å²) in [6.45, 7) is 12.6. The third-order valence-corrected chi connectivity index (χ3v) is 5.19. The second kappa shape index (κ2) is 9.28. The van der Waals surface area contributed by atoms with E-state index in [1.54, 1.807) is 13.0 Å². The Morgan fingerprint density at radius 3 is 2.29 bits per heavy atom. The number of nitrogens with zero attached hydrogens (tertiary/aromatic N) is 1. The first-order chi connectivity index (χ1) is 13.1. The Kier molecular flexibility index (Phi) is 7.29. The Balaban J connectivity index is 1.79. The van der Waals surface area contributed by atoms with Crippen LogP contribution in [-0.2, 0) is 26.3 Å². The molecule has 0 atom stereocenters. The number of aromatic nitrogens is 1. The molecule has 7 heteroatoms. The largest absolute Gasteiger partial charge is 0.460 e. The second-order valence-corrected chi connectivity index (χ2v) is 8.85. The third kappa shape index (κ3) is 6.41. The highest BCUT2D eigenvalue weighted by Crippen LogP contribution is 2.27. The van der Waals surface area contributed by atoms with E-state index in [9.17, 15) is 9.59 Å². The van der Waals surface area contributed by atoms with Crippen molar-refractivity contribution in [1.29, 1.82) is 0 Å². The first kappa shape index (κ1) is 22.0. The molecular weight excluding hydrogens is 376 g/mol. The van der Waals surface area contributed by atoms with Gasteiger partial charge in [0.2, 0.25) is 5.91 Å². The first-order valence-electron chi connectivity index (χ1n) is 9.13. The molecule has 0 radical (unpaired) electrons. The molecule has 0 fully saturated rings. The van der Waals surface area contributed by atoms with Crippen molar-refractivity contribution in [3.8, 4) is 0 Å². The average molecular weight is 405 g/mol. The molecule has 0 spiro atoms. The predicted octanol–water partition coefficient (Wildman–Crippen LogP) is 4.31. The molecule has 6 nitrogen and oxygen atoms in total. The highest BCUT2D eigenvalue weighted by Gasteiger charge is 2.17. The molecule has 0 unspecified atom stereocenters. The van der Waals surface area contributed by atoms with Crippen molar-refractivity contribution in [1.82, 2.24) is 5.16 Å². The number of benzene rings is 1. The van der Waals surface area contributed by atoms with Crippen LogP contribution < -0.4 is 5.32 Å². The molecule has 0 aliphatic carbocycles. The maximum absolute atomic E-state index is 12.0. The van der Waals surface area contributed by atoms with Gasteiger partial charge in [-0.1, -0.05) is 38.1 Å². The van der Waals surface area contributed by atoms with Gasteiger partial charge in [-0.2, -0.15) is 0 Å². The summed E-state index contributed by atoms with van der Waals surface area (Å²) in [6.07, 6.45) is 0. The number of aryl methyl sites for hydroxylation is 3. The van der Waals surface area contributed by atoms with Gasteiger partial charge in [0.1, 0.15) is 12.4 Å². The highest BCUT2D eigenvalue weighted by molar-refractivity contribution is 8.00. The molecule has 152 valence electrons. The molecule has 0 aliphatic heterocycles. The van der Waals surface area contributed by atoms with Crippen molar-refractivity contribution < 1.29 is 18.8 Å². The van der Waals surface area contributed by atoms with Gasteiger partial charge in [0.05, 0.1) is 11.5 Å². The number of rotatable bonds is 7. The van der Waals surface area contributed by atoms with Gasteiger partial charge in [0.15, 0.2) is 5.82 Å². The minimum atomic E-state index is -0.339. The lowest BCUT2D eigenvalue weighted by molar-refractivity contribution is -0.141. The Hall–Kier alpha value is -2.28. The van der Waals surface area contributed by atoms with E-state index >= 15 is 0 Å². The molecule has 1 amide bonds. The zero-order valence-electron chi connectivity index (χ0n) is 17.3. The van der Waals surface area contributed by atoms with Crippen molar-refractivity contribution in [3.63, 3.8) is 0 Å². The summed E-state index contributed by atoms with van der Waals surface area (Å²) in [7, 11) is 0. The lowest BCUT2D eigenvalue weighted by atomic mass is 9.84. The Labute approximate surface area is 170 Å². The quantitative estimate of drug-likeness (QED) is 0.693. The second-order valence-electron chi connectivity index (χ2n) is 7.86. The first-order valence-corrected chi connectivity index (χ1v) is 10.3. The minimum Gasteiger partial charge on any atom is -0.460 e. The summed E-state index contributed by atoms with van der Waals surface area (Å²) in [4.78, 5) is 23.8. The Morgan fingerprint density at radius 2 is 1.75 bits per heavy atom. The van der Waals surface area contributed by atoms with Gasteiger partial charge in [0.25, 0.3) is 0 Å². The zero-order chi connectivity index (χ0) is 20.9. The number of ether oxygens (including phenoxy) is 1. The summed E-state index contributed by atoms with van der Waals surface area (Å²) in [5.74, 6) is 0.662. The van der Waals surface area contributed by atoms with Gasteiger partial charge in [-0.05, 0) is 48.4 Å². The number of carbonyl (C=O) groups is 2. The van der Waals surface area contributed by atoms with Crippen molar-refractivity contribution in [2.24, 2.45) is 0 Å². The summed E-state index contributed by atoms with van der Waals surface area (Å²) in [5.41, 5.74) is 4.61. The van der Waals surface area contributed by atoms with E-state index in [0.717, 1.165) is 16.7 Å². The number of hydrogen-bond donors (Lipinski definition) is 1. The van der Waals surface area contributed by atoms with Gasteiger partial charge in [-0.25, -0.2) is 0 Å². The molecule has 0 saturated carbocycles. The minimum absolute atomic E-state index is 0.0760. The number of nitrogens with one attached hydrogen (secondary N) is 1. The molecule has 2 aromatic rings. The van der Waals surface area contributed by atoms with E-state index in [1.807, 2.05) is 13.8 Å². The predicted molar refractivity (Wildman–Crippen MR) is 112 cm³/mol. The third-order valence-electron chi connectivity index (χ3n) is 4.29. The molecule has 2 rings (SSSR count). The van der Waals surface area contributed by atoms with Gasteiger partial charge >= 0.3 is 5.97 Å². The Bertz CT molecular complexity index is 829. The van der Waals surface area contributed by atoms with Gasteiger partial charge in [-0.15, -0.1) is 11.8 Å². The number of hydrogen-bond acceptors (Lipinski definition) is 6. The van der Waals surface area contributed by atoms with Crippen LogP contribution in [-0.4, -0.2) is 28.5 Å². The fourth-order valence-electron chi connectivity index (χ4n) is 2.68. The maximum atomic E-state index is 12.0. The van der Waals surface area contributed by atoms with Crippen molar-refractivity contribution in [2.75, 3.05) is 16.8 Å². The molecule has 1 aromatic carbocycles. The topological polar surface area (TPSA) is 81.4 Å². The van der Waals surface area contributed by atoms with E-state index in [0.29, 0.717) is 11.6 Å². The smallest absolute Gasteiger partial charge is 0.316 e. The number of anilines is 1. The Morgan fingerprint density at radius 1 is 1.11 bits per heavy atom. The summed E-state index contributed by atoms with van der Waals surface area (Å²) in [5, 5.41) is 6.30. The summed E-state index contributed by atoms with van der Waals surface area (Å²) in [6, 6.07) is 5.94. The SMILES string of the molecule is Cc1cc(NC(=O)CSCC(=O)OCc2c(C)cc(C(C)(C)C)cc2C)no1. The van der Waals surface area contributed by atoms with Crippen LogP contribution in [0.5, 0.6) is 0 Å². The van der Waals surface area contributed by atoms with E-state index in [4.69, 9.17) is 9.26 Å². The molecule has 0 bridgehead atoms. The fourth-order valence-corrected chi connectivity index (χ4v) is 3.29. The lowest BCUT2D eigenvalue weighted by Crippen LogP contribution is -2.17. The molecule has 1 N–H and O–H groups in total. The molecule has 1 heterocycles. The van der Waals surface area contributed by atoms with E-state index < -0.39 is 0 Å². The highest BCUT2D eigenvalue weighted by atomic mass is 32.2. The maximum Gasteiger partial charge on any atom is 0.316 e. The summed E-state index contributed by atoms with van der Waals surface area (Å²) < 4.78 is 10.3. The standard InChI is InChI=1S/C21H28N2O4S/c1-13-7-16(21(4,5)6)8-14(2)17(13)10-26-20(25)12-28-11-19(24)22-18-9-15(3)27-23-18/h7-9H,10-12H2,1-6H3,(H,22,23,24). The molecular formula is C21H28N2O4S. The van der Waals surface area contributed by atoms with Crippen LogP contribution in [0, 0.1) is 20.8 Å². The molecule has 28 heavy (non-hydrogen) atoms. The molecule has 0 saturated heterocycles. The van der Waals surface area contributed by atoms with Crippen LogP contribution in [0.1, 0.15) is 48.8 Å². The number of esters is 1. The van der Waals surface area contributed by atoms with Gasteiger partial charge < -0.3 is 14.6 Å². The number of amides is 1. The van der Waals surface area contributed by atoms with Gasteiger partial charge in [-0.3, -0.25) is 9.59 Å². The van der Waals surface area contributed by atoms with Crippen LogP contribution in [0.3, 0.4) is 0 Å². The zero-order valence-corrected chi connectivity index (χ0v) is 18.2. The van der Waals surface area contributed by atoms with Crippen LogP contribution in [0.25, 0.3) is 0 Å². The van der Waals surface area contributed by atoms with Gasteiger partial charge in [0, 0.05) is 6.07 Å².